The Morgan fingerprint density at radius 2 is 1.81 bits per heavy atom. The lowest BCUT2D eigenvalue weighted by atomic mass is 9.97. The minimum atomic E-state index is -0.582. The van der Waals surface area contributed by atoms with Crippen LogP contribution in [0.2, 0.25) is 0 Å². The Morgan fingerprint density at radius 1 is 1.19 bits per heavy atom. The number of carbonyl (C=O) groups is 1. The van der Waals surface area contributed by atoms with Gasteiger partial charge >= 0.3 is 0 Å². The van der Waals surface area contributed by atoms with Crippen LogP contribution in [-0.4, -0.2) is 23.9 Å². The molecule has 0 saturated carbocycles. The highest BCUT2D eigenvalue weighted by molar-refractivity contribution is 5.81. The monoisotopic (exact) mass is 286 g/mol. The maximum atomic E-state index is 12.6. The summed E-state index contributed by atoms with van der Waals surface area (Å²) in [6.45, 7) is 7.71. The van der Waals surface area contributed by atoms with Gasteiger partial charge in [0.05, 0.1) is 6.07 Å². The number of hydrogen-bond acceptors (Lipinski definition) is 2. The van der Waals surface area contributed by atoms with Crippen molar-refractivity contribution in [3.8, 4) is 6.07 Å². The molecule has 3 heteroatoms. The van der Waals surface area contributed by atoms with E-state index >= 15 is 0 Å². The Labute approximate surface area is 128 Å². The van der Waals surface area contributed by atoms with Gasteiger partial charge < -0.3 is 4.90 Å². The molecule has 0 radical (unpaired) electrons. The van der Waals surface area contributed by atoms with Crippen molar-refractivity contribution < 1.29 is 4.79 Å². The third-order valence-electron chi connectivity index (χ3n) is 4.06. The van der Waals surface area contributed by atoms with E-state index in [9.17, 15) is 10.1 Å². The van der Waals surface area contributed by atoms with Gasteiger partial charge in [-0.15, -0.1) is 0 Å². The maximum Gasteiger partial charge on any atom is 0.240 e. The second-order valence-electron chi connectivity index (χ2n) is 5.43. The highest BCUT2D eigenvalue weighted by Gasteiger charge is 2.24. The summed E-state index contributed by atoms with van der Waals surface area (Å²) in [6, 6.07) is 11.9. The molecule has 0 aliphatic carbocycles. The zero-order chi connectivity index (χ0) is 15.7. The fourth-order valence-corrected chi connectivity index (χ4v) is 2.49. The van der Waals surface area contributed by atoms with E-state index in [1.165, 1.54) is 0 Å². The summed E-state index contributed by atoms with van der Waals surface area (Å²) in [6.07, 6.45) is 2.63. The summed E-state index contributed by atoms with van der Waals surface area (Å²) >= 11 is 0. The van der Waals surface area contributed by atoms with Crippen molar-refractivity contribution in [1.29, 1.82) is 5.26 Å². The first kappa shape index (κ1) is 17.2. The molecule has 3 nitrogen and oxygen atoms in total. The molecule has 0 aliphatic heterocycles. The molecule has 1 amide bonds. The van der Waals surface area contributed by atoms with Gasteiger partial charge in [0, 0.05) is 13.1 Å². The molecule has 1 rings (SSSR count). The Morgan fingerprint density at radius 3 is 2.29 bits per heavy atom. The molecule has 0 aliphatic rings. The zero-order valence-corrected chi connectivity index (χ0v) is 13.4. The summed E-state index contributed by atoms with van der Waals surface area (Å²) in [4.78, 5) is 14.4. The second-order valence-corrected chi connectivity index (χ2v) is 5.43. The first-order chi connectivity index (χ1) is 10.2. The highest BCUT2D eigenvalue weighted by Crippen LogP contribution is 2.15. The van der Waals surface area contributed by atoms with Crippen LogP contribution in [0.5, 0.6) is 0 Å². The van der Waals surface area contributed by atoms with Crippen LogP contribution in [0.25, 0.3) is 0 Å². The molecular weight excluding hydrogens is 260 g/mol. The third kappa shape index (κ3) is 5.23. The number of hydrogen-bond donors (Lipinski definition) is 0. The first-order valence-corrected chi connectivity index (χ1v) is 7.88. The van der Waals surface area contributed by atoms with Crippen molar-refractivity contribution in [3.05, 3.63) is 35.9 Å². The molecule has 0 spiro atoms. The van der Waals surface area contributed by atoms with Crippen LogP contribution in [-0.2, 0) is 11.2 Å². The standard InChI is InChI=1S/C18H26N2O/c1-4-15(5-2)14-20(6-3)18(21)17(13-19)12-16-10-8-7-9-11-16/h7-11,15,17H,4-6,12,14H2,1-3H3. The fourth-order valence-electron chi connectivity index (χ4n) is 2.49. The number of carbonyl (C=O) groups excluding carboxylic acids is 1. The van der Waals surface area contributed by atoms with Crippen LogP contribution in [0.3, 0.4) is 0 Å². The van der Waals surface area contributed by atoms with Crippen LogP contribution in [0.15, 0.2) is 30.3 Å². The van der Waals surface area contributed by atoms with Crippen LogP contribution in [0, 0.1) is 23.2 Å². The lowest BCUT2D eigenvalue weighted by molar-refractivity contribution is -0.134. The molecule has 1 aromatic carbocycles. The van der Waals surface area contributed by atoms with Gasteiger partial charge in [-0.05, 0) is 24.8 Å². The van der Waals surface area contributed by atoms with Gasteiger partial charge in [0.25, 0.3) is 0 Å². The maximum absolute atomic E-state index is 12.6. The summed E-state index contributed by atoms with van der Waals surface area (Å²) < 4.78 is 0. The van der Waals surface area contributed by atoms with E-state index in [1.54, 1.807) is 0 Å². The van der Waals surface area contributed by atoms with Crippen molar-refractivity contribution in [2.75, 3.05) is 13.1 Å². The minimum absolute atomic E-state index is 0.0317. The van der Waals surface area contributed by atoms with Crippen LogP contribution >= 0.6 is 0 Å². The number of amides is 1. The largest absolute Gasteiger partial charge is 0.342 e. The predicted molar refractivity (Wildman–Crippen MR) is 85.6 cm³/mol. The SMILES string of the molecule is CCC(CC)CN(CC)C(=O)C(C#N)Cc1ccccc1. The molecule has 1 unspecified atom stereocenters. The van der Waals surface area contributed by atoms with Crippen molar-refractivity contribution in [2.24, 2.45) is 11.8 Å². The third-order valence-corrected chi connectivity index (χ3v) is 4.06. The van der Waals surface area contributed by atoms with Gasteiger partial charge in [0.15, 0.2) is 0 Å². The topological polar surface area (TPSA) is 44.1 Å². The van der Waals surface area contributed by atoms with Crippen molar-refractivity contribution >= 4 is 5.91 Å². The summed E-state index contributed by atoms with van der Waals surface area (Å²) in [7, 11) is 0. The molecule has 114 valence electrons. The zero-order valence-electron chi connectivity index (χ0n) is 13.4. The Kier molecular flexibility index (Phi) is 7.53. The van der Waals surface area contributed by atoms with E-state index in [1.807, 2.05) is 42.2 Å². The van der Waals surface area contributed by atoms with Gasteiger partial charge in [-0.25, -0.2) is 0 Å². The molecule has 1 aromatic rings. The lowest BCUT2D eigenvalue weighted by Crippen LogP contribution is -2.39. The van der Waals surface area contributed by atoms with Gasteiger partial charge in [-0.3, -0.25) is 4.79 Å². The molecule has 0 saturated heterocycles. The fraction of sp³-hybridized carbons (Fsp3) is 0.556. The average molecular weight is 286 g/mol. The van der Waals surface area contributed by atoms with E-state index in [4.69, 9.17) is 0 Å². The van der Waals surface area contributed by atoms with Gasteiger partial charge in [-0.2, -0.15) is 5.26 Å². The molecule has 0 N–H and O–H groups in total. The summed E-state index contributed by atoms with van der Waals surface area (Å²) in [5, 5.41) is 9.35. The Bertz CT molecular complexity index is 460. The van der Waals surface area contributed by atoms with Crippen LogP contribution in [0.4, 0.5) is 0 Å². The van der Waals surface area contributed by atoms with Crippen molar-refractivity contribution in [2.45, 2.75) is 40.0 Å². The molecule has 0 fully saturated rings. The Balaban J connectivity index is 2.74. The van der Waals surface area contributed by atoms with Crippen molar-refractivity contribution in [1.82, 2.24) is 4.90 Å². The van der Waals surface area contributed by atoms with Crippen LogP contribution in [0.1, 0.15) is 39.2 Å². The average Bonchev–Trinajstić information content (AvgIpc) is 2.54. The summed E-state index contributed by atoms with van der Waals surface area (Å²) in [5.74, 6) is -0.0950. The molecule has 1 atom stereocenters. The van der Waals surface area contributed by atoms with E-state index in [0.29, 0.717) is 18.9 Å². The highest BCUT2D eigenvalue weighted by atomic mass is 16.2. The van der Waals surface area contributed by atoms with Gasteiger partial charge in [0.1, 0.15) is 5.92 Å². The minimum Gasteiger partial charge on any atom is -0.342 e. The van der Waals surface area contributed by atoms with E-state index in [-0.39, 0.29) is 5.91 Å². The summed E-state index contributed by atoms with van der Waals surface area (Å²) in [5.41, 5.74) is 1.04. The Hall–Kier alpha value is -1.82. The van der Waals surface area contributed by atoms with Gasteiger partial charge in [-0.1, -0.05) is 57.0 Å². The van der Waals surface area contributed by atoms with E-state index in [2.05, 4.69) is 19.9 Å². The van der Waals surface area contributed by atoms with E-state index < -0.39 is 5.92 Å². The molecule has 0 heterocycles. The molecule has 0 aromatic heterocycles. The van der Waals surface area contributed by atoms with Crippen LogP contribution < -0.4 is 0 Å². The number of benzene rings is 1. The smallest absolute Gasteiger partial charge is 0.240 e. The molecular formula is C18H26N2O. The quantitative estimate of drug-likeness (QED) is 0.732. The number of nitrogens with zero attached hydrogens (tertiary/aromatic N) is 2. The second kappa shape index (κ2) is 9.18. The first-order valence-electron chi connectivity index (χ1n) is 7.88. The number of nitriles is 1. The predicted octanol–water partition coefficient (Wildman–Crippen LogP) is 3.65. The van der Waals surface area contributed by atoms with Crippen molar-refractivity contribution in [3.63, 3.8) is 0 Å². The van der Waals surface area contributed by atoms with E-state index in [0.717, 1.165) is 24.9 Å². The van der Waals surface area contributed by atoms with Gasteiger partial charge in [0.2, 0.25) is 5.91 Å². The molecule has 0 bridgehead atoms. The number of rotatable bonds is 8. The normalized spacial score (nSPS) is 12.0. The lowest BCUT2D eigenvalue weighted by Gasteiger charge is -2.27. The molecule has 21 heavy (non-hydrogen) atoms.